The van der Waals surface area contributed by atoms with Crippen molar-refractivity contribution in [2.45, 2.75) is 69.2 Å². The van der Waals surface area contributed by atoms with Crippen LogP contribution in [0.25, 0.3) is 6.08 Å². The number of methoxy groups -OCH3 is 1. The summed E-state index contributed by atoms with van der Waals surface area (Å²) in [5.74, 6) is -0.447. The molecule has 308 valence electrons. The van der Waals surface area contributed by atoms with Crippen LogP contribution in [0.3, 0.4) is 0 Å². The average Bonchev–Trinajstić information content (AvgIpc) is 3.62. The maximum atomic E-state index is 13.4. The van der Waals surface area contributed by atoms with Gasteiger partial charge in [0, 0.05) is 49.5 Å². The molecule has 58 heavy (non-hydrogen) atoms. The largest absolute Gasteiger partial charge is 0.494 e. The molecule has 3 aromatic rings. The monoisotopic (exact) mass is 824 g/mol. The van der Waals surface area contributed by atoms with Crippen LogP contribution in [0.15, 0.2) is 53.5 Å². The highest BCUT2D eigenvalue weighted by atomic mass is 35.5. The molecule has 17 heteroatoms. The normalized spacial score (nSPS) is 22.4. The number of hydrogen-bond acceptors (Lipinski definition) is 9. The molecule has 3 N–H and O–H groups in total. The van der Waals surface area contributed by atoms with E-state index in [1.807, 2.05) is 6.08 Å². The van der Waals surface area contributed by atoms with E-state index in [0.717, 1.165) is 49.5 Å². The third-order valence-electron chi connectivity index (χ3n) is 11.4. The van der Waals surface area contributed by atoms with Crippen molar-refractivity contribution in [2.24, 2.45) is 16.8 Å². The number of fused-ring (bicyclic) bond motifs is 1. The number of nitrogens with zero attached hydrogens (tertiary/aromatic N) is 4. The summed E-state index contributed by atoms with van der Waals surface area (Å²) in [5.41, 5.74) is -1.39. The molecule has 5 amide bonds. The van der Waals surface area contributed by atoms with E-state index in [4.69, 9.17) is 26.1 Å². The Balaban J connectivity index is 0.852. The third-order valence-corrected chi connectivity index (χ3v) is 11.8. The number of pyridine rings is 1. The highest BCUT2D eigenvalue weighted by Crippen LogP contribution is 2.37. The molecule has 3 fully saturated rings. The summed E-state index contributed by atoms with van der Waals surface area (Å²) in [6, 6.07) is 10.6. The van der Waals surface area contributed by atoms with Crippen LogP contribution in [0.4, 0.5) is 29.3 Å². The Labute approximate surface area is 337 Å². The van der Waals surface area contributed by atoms with Crippen LogP contribution in [0, 0.1) is 11.8 Å². The minimum Gasteiger partial charge on any atom is -0.494 e. The first-order valence-electron chi connectivity index (χ1n) is 19.3. The molecule has 2 saturated heterocycles. The Hall–Kier alpha value is -5.06. The van der Waals surface area contributed by atoms with E-state index in [9.17, 15) is 37.5 Å². The number of aromatic nitrogens is 1. The fraction of sp³-hybridized carbons (Fsp3) is 0.463. The number of urea groups is 1. The first-order valence-corrected chi connectivity index (χ1v) is 19.7. The summed E-state index contributed by atoms with van der Waals surface area (Å²) in [5, 5.41) is 18.0. The van der Waals surface area contributed by atoms with Crippen molar-refractivity contribution < 1.29 is 46.9 Å². The van der Waals surface area contributed by atoms with Crippen molar-refractivity contribution in [1.29, 1.82) is 0 Å². The summed E-state index contributed by atoms with van der Waals surface area (Å²) in [4.78, 5) is 61.7. The fourth-order valence-corrected chi connectivity index (χ4v) is 8.28. The number of ether oxygens (including phenoxy) is 2. The van der Waals surface area contributed by atoms with Gasteiger partial charge in [-0.05, 0) is 93.2 Å². The molecular formula is C41H44ClF3N6O7. The van der Waals surface area contributed by atoms with Gasteiger partial charge in [0.2, 0.25) is 5.91 Å². The van der Waals surface area contributed by atoms with Crippen molar-refractivity contribution in [2.75, 3.05) is 50.2 Å². The predicted molar refractivity (Wildman–Crippen MR) is 207 cm³/mol. The SMILES string of the molecule is COc1cc2c(cc1NC(=O)c1cccc(C(F)(F)F)n1)=CC(C1CCC(O)(COCCC3CCN(C(=O)c4ccc(Cl)c(N5CCC(=O)NC5=O)c4)CC3)CC1)N=2. The van der Waals surface area contributed by atoms with Gasteiger partial charge in [0.15, 0.2) is 0 Å². The Morgan fingerprint density at radius 1 is 1.05 bits per heavy atom. The molecule has 0 bridgehead atoms. The second-order valence-corrected chi connectivity index (χ2v) is 15.7. The number of imide groups is 1. The molecule has 1 atom stereocenters. The first-order chi connectivity index (χ1) is 27.7. The van der Waals surface area contributed by atoms with Crippen molar-refractivity contribution in [1.82, 2.24) is 15.2 Å². The van der Waals surface area contributed by atoms with E-state index in [1.165, 1.54) is 18.1 Å². The van der Waals surface area contributed by atoms with Gasteiger partial charge in [0.25, 0.3) is 11.8 Å². The number of piperidine rings is 1. The summed E-state index contributed by atoms with van der Waals surface area (Å²) in [7, 11) is 1.43. The van der Waals surface area contributed by atoms with E-state index in [1.54, 1.807) is 35.2 Å². The maximum Gasteiger partial charge on any atom is 0.433 e. The topological polar surface area (TPSA) is 163 Å². The molecule has 1 aromatic heterocycles. The van der Waals surface area contributed by atoms with Crippen molar-refractivity contribution in [3.8, 4) is 5.75 Å². The summed E-state index contributed by atoms with van der Waals surface area (Å²) >= 11 is 6.36. The molecule has 2 aromatic carbocycles. The van der Waals surface area contributed by atoms with Gasteiger partial charge in [-0.1, -0.05) is 23.7 Å². The van der Waals surface area contributed by atoms with Crippen LogP contribution in [-0.4, -0.2) is 90.3 Å². The molecule has 4 aliphatic rings. The number of benzene rings is 2. The van der Waals surface area contributed by atoms with Crippen molar-refractivity contribution in [3.63, 3.8) is 0 Å². The van der Waals surface area contributed by atoms with Crippen LogP contribution in [0.5, 0.6) is 5.75 Å². The second-order valence-electron chi connectivity index (χ2n) is 15.3. The van der Waals surface area contributed by atoms with Crippen molar-refractivity contribution >= 4 is 52.8 Å². The Bertz CT molecular complexity index is 2210. The fourth-order valence-electron chi connectivity index (χ4n) is 8.06. The number of carbonyl (C=O) groups is 4. The lowest BCUT2D eigenvalue weighted by Crippen LogP contribution is -2.49. The maximum absolute atomic E-state index is 13.4. The van der Waals surface area contributed by atoms with Crippen LogP contribution in [0.2, 0.25) is 5.02 Å². The lowest BCUT2D eigenvalue weighted by Gasteiger charge is -2.37. The van der Waals surface area contributed by atoms with E-state index >= 15 is 0 Å². The highest BCUT2D eigenvalue weighted by Gasteiger charge is 2.37. The lowest BCUT2D eigenvalue weighted by atomic mass is 9.76. The minimum absolute atomic E-state index is 0.144. The van der Waals surface area contributed by atoms with Gasteiger partial charge in [0.1, 0.15) is 17.1 Å². The molecule has 0 spiro atoms. The Morgan fingerprint density at radius 3 is 2.52 bits per heavy atom. The minimum atomic E-state index is -4.68. The molecule has 3 aliphatic heterocycles. The molecule has 1 aliphatic carbocycles. The molecule has 13 nitrogen and oxygen atoms in total. The predicted octanol–water partition coefficient (Wildman–Crippen LogP) is 5.12. The van der Waals surface area contributed by atoms with Crippen LogP contribution >= 0.6 is 11.6 Å². The summed E-state index contributed by atoms with van der Waals surface area (Å²) < 4.78 is 50.9. The molecule has 7 rings (SSSR count). The van der Waals surface area contributed by atoms with Gasteiger partial charge >= 0.3 is 12.2 Å². The van der Waals surface area contributed by atoms with Gasteiger partial charge in [0.05, 0.1) is 47.1 Å². The number of likely N-dealkylation sites (tertiary alicyclic amines) is 1. The lowest BCUT2D eigenvalue weighted by molar-refractivity contribution is -0.141. The number of nitrogens with one attached hydrogen (secondary N) is 2. The smallest absolute Gasteiger partial charge is 0.433 e. The quantitative estimate of drug-likeness (QED) is 0.225. The first kappa shape index (κ1) is 41.1. The average molecular weight is 825 g/mol. The van der Waals surface area contributed by atoms with E-state index in [2.05, 4.69) is 15.6 Å². The number of alkyl halides is 3. The number of halogens is 4. The molecular weight excluding hydrogens is 781 g/mol. The van der Waals surface area contributed by atoms with Crippen molar-refractivity contribution in [3.05, 3.63) is 81.1 Å². The number of rotatable bonds is 11. The summed E-state index contributed by atoms with van der Waals surface area (Å²) in [6.07, 6.45) is 2.47. The van der Waals surface area contributed by atoms with E-state index in [0.29, 0.717) is 65.8 Å². The standard InChI is InChI=1S/C41H44ClF3N6O7/c1-57-34-22-31-27(20-32(34)48-37(53)29-3-2-4-35(47-29)41(43,44)45)19-30(46-31)25-7-13-40(56,14-8-25)23-58-18-12-24-9-15-50(16-10-24)38(54)26-5-6-28(42)33(21-26)51-17-11-36(52)49-39(51)55/h2-6,19-22,24-25,30,56H,7-18,23H2,1H3,(H,48,53)(H,49,52,55). The van der Waals surface area contributed by atoms with Crippen LogP contribution < -0.4 is 30.8 Å². The molecule has 1 saturated carbocycles. The Kier molecular flexibility index (Phi) is 12.1. The number of hydrogen-bond donors (Lipinski definition) is 3. The van der Waals surface area contributed by atoms with Gasteiger partial charge in [-0.15, -0.1) is 0 Å². The molecule has 1 unspecified atom stereocenters. The third kappa shape index (κ3) is 9.29. The molecule has 0 radical (unpaired) electrons. The van der Waals surface area contributed by atoms with Gasteiger partial charge in [-0.25, -0.2) is 9.78 Å². The number of carbonyl (C=O) groups excluding carboxylic acids is 4. The Morgan fingerprint density at radius 2 is 1.81 bits per heavy atom. The van der Waals surface area contributed by atoms with E-state index < -0.39 is 29.4 Å². The number of amides is 5. The van der Waals surface area contributed by atoms with Gasteiger partial charge in [-0.3, -0.25) is 29.6 Å². The van der Waals surface area contributed by atoms with Crippen LogP contribution in [-0.2, 0) is 15.7 Å². The summed E-state index contributed by atoms with van der Waals surface area (Å²) in [6.45, 7) is 2.07. The zero-order chi connectivity index (χ0) is 41.2. The van der Waals surface area contributed by atoms with Gasteiger partial charge in [-0.2, -0.15) is 13.2 Å². The molecule has 4 heterocycles. The zero-order valence-corrected chi connectivity index (χ0v) is 32.6. The van der Waals surface area contributed by atoms with Crippen LogP contribution in [0.1, 0.15) is 77.9 Å². The van der Waals surface area contributed by atoms with E-state index in [-0.39, 0.29) is 54.7 Å². The highest BCUT2D eigenvalue weighted by molar-refractivity contribution is 6.34. The second kappa shape index (κ2) is 17.0. The zero-order valence-electron chi connectivity index (χ0n) is 31.8. The number of aliphatic hydroxyl groups is 1. The van der Waals surface area contributed by atoms with Gasteiger partial charge < -0.3 is 24.8 Å². The number of anilines is 2.